The smallest absolute Gasteiger partial charge is 0.264 e. The highest BCUT2D eigenvalue weighted by molar-refractivity contribution is 7.85. The van der Waals surface area contributed by atoms with E-state index in [1.54, 1.807) is 0 Å². The van der Waals surface area contributed by atoms with Crippen LogP contribution in [0.5, 0.6) is 0 Å². The SMILES string of the molecule is C=COCC1CCC(CO)CC1.C=COCC1CCC(COS(C)(=O)=O)CC1. The molecule has 0 bridgehead atoms. The Kier molecular flexibility index (Phi) is 12.5. The Labute approximate surface area is 171 Å². The lowest BCUT2D eigenvalue weighted by molar-refractivity contribution is 0.121. The van der Waals surface area contributed by atoms with E-state index < -0.39 is 10.1 Å². The van der Waals surface area contributed by atoms with Gasteiger partial charge in [0.25, 0.3) is 10.1 Å². The first-order valence-corrected chi connectivity index (χ1v) is 12.1. The predicted octanol–water partition coefficient (Wildman–Crippen LogP) is 3.87. The quantitative estimate of drug-likeness (QED) is 0.428. The lowest BCUT2D eigenvalue weighted by Crippen LogP contribution is -2.22. The van der Waals surface area contributed by atoms with Crippen molar-refractivity contribution in [2.75, 3.05) is 32.7 Å². The molecule has 2 aliphatic rings. The van der Waals surface area contributed by atoms with E-state index in [1.807, 2.05) is 0 Å². The Hall–Kier alpha value is -1.05. The van der Waals surface area contributed by atoms with Crippen LogP contribution in [-0.2, 0) is 23.8 Å². The molecule has 2 saturated carbocycles. The molecule has 0 aliphatic heterocycles. The summed E-state index contributed by atoms with van der Waals surface area (Å²) in [4.78, 5) is 0. The van der Waals surface area contributed by atoms with E-state index in [0.29, 0.717) is 36.9 Å². The molecule has 0 heterocycles. The fourth-order valence-corrected chi connectivity index (χ4v) is 4.21. The van der Waals surface area contributed by atoms with Gasteiger partial charge in [0.2, 0.25) is 0 Å². The van der Waals surface area contributed by atoms with E-state index in [-0.39, 0.29) is 0 Å². The van der Waals surface area contributed by atoms with E-state index in [2.05, 4.69) is 13.2 Å². The molecule has 0 spiro atoms. The van der Waals surface area contributed by atoms with Gasteiger partial charge in [-0.1, -0.05) is 13.2 Å². The van der Waals surface area contributed by atoms with Crippen LogP contribution < -0.4 is 0 Å². The minimum atomic E-state index is -3.29. The molecule has 2 rings (SSSR count). The van der Waals surface area contributed by atoms with E-state index in [4.69, 9.17) is 18.8 Å². The Morgan fingerprint density at radius 1 is 0.786 bits per heavy atom. The number of aliphatic hydroxyl groups excluding tert-OH is 1. The van der Waals surface area contributed by atoms with E-state index in [0.717, 1.165) is 58.0 Å². The zero-order valence-electron chi connectivity index (χ0n) is 17.3. The molecular formula is C21H38O6S. The first-order valence-electron chi connectivity index (χ1n) is 10.3. The van der Waals surface area contributed by atoms with E-state index >= 15 is 0 Å². The predicted molar refractivity (Wildman–Crippen MR) is 111 cm³/mol. The first kappa shape index (κ1) is 25.0. The lowest BCUT2D eigenvalue weighted by atomic mass is 9.83. The van der Waals surface area contributed by atoms with Gasteiger partial charge >= 0.3 is 0 Å². The van der Waals surface area contributed by atoms with Crippen molar-refractivity contribution in [3.8, 4) is 0 Å². The summed E-state index contributed by atoms with van der Waals surface area (Å²) in [6.45, 7) is 9.24. The average Bonchev–Trinajstić information content (AvgIpc) is 2.70. The van der Waals surface area contributed by atoms with Crippen molar-refractivity contribution < 1.29 is 27.2 Å². The second-order valence-corrected chi connectivity index (χ2v) is 9.59. The minimum Gasteiger partial charge on any atom is -0.502 e. The summed E-state index contributed by atoms with van der Waals surface area (Å²) in [6, 6.07) is 0. The van der Waals surface area contributed by atoms with Gasteiger partial charge in [0.05, 0.1) is 38.6 Å². The van der Waals surface area contributed by atoms with Gasteiger partial charge in [0, 0.05) is 6.61 Å². The zero-order chi connectivity index (χ0) is 20.8. The summed E-state index contributed by atoms with van der Waals surface area (Å²) in [6.07, 6.45) is 13.0. The van der Waals surface area contributed by atoms with Crippen molar-refractivity contribution in [1.29, 1.82) is 0 Å². The van der Waals surface area contributed by atoms with Gasteiger partial charge in [-0.25, -0.2) is 0 Å². The van der Waals surface area contributed by atoms with Crippen LogP contribution in [0.1, 0.15) is 51.4 Å². The van der Waals surface area contributed by atoms with Crippen molar-refractivity contribution in [3.63, 3.8) is 0 Å². The average molecular weight is 419 g/mol. The molecule has 1 N–H and O–H groups in total. The van der Waals surface area contributed by atoms with Crippen molar-refractivity contribution in [2.24, 2.45) is 23.7 Å². The number of hydrogen-bond acceptors (Lipinski definition) is 6. The van der Waals surface area contributed by atoms with Crippen LogP contribution in [0.4, 0.5) is 0 Å². The largest absolute Gasteiger partial charge is 0.502 e. The van der Waals surface area contributed by atoms with E-state index in [1.165, 1.54) is 25.4 Å². The molecular weight excluding hydrogens is 380 g/mol. The van der Waals surface area contributed by atoms with Gasteiger partial charge in [-0.2, -0.15) is 8.42 Å². The van der Waals surface area contributed by atoms with Crippen molar-refractivity contribution in [1.82, 2.24) is 0 Å². The highest BCUT2D eigenvalue weighted by atomic mass is 32.2. The maximum Gasteiger partial charge on any atom is 0.264 e. The molecule has 164 valence electrons. The molecule has 0 unspecified atom stereocenters. The molecule has 2 fully saturated rings. The second-order valence-electron chi connectivity index (χ2n) is 7.94. The molecule has 0 aromatic heterocycles. The third kappa shape index (κ3) is 11.7. The van der Waals surface area contributed by atoms with Crippen LogP contribution in [0.25, 0.3) is 0 Å². The van der Waals surface area contributed by atoms with Crippen molar-refractivity contribution in [3.05, 3.63) is 25.7 Å². The van der Waals surface area contributed by atoms with Crippen LogP contribution in [-0.4, -0.2) is 46.2 Å². The summed E-state index contributed by atoms with van der Waals surface area (Å²) in [5, 5.41) is 8.91. The summed E-state index contributed by atoms with van der Waals surface area (Å²) < 4.78 is 36.8. The molecule has 0 atom stereocenters. The van der Waals surface area contributed by atoms with Gasteiger partial charge in [-0.05, 0) is 75.0 Å². The third-order valence-electron chi connectivity index (χ3n) is 5.61. The van der Waals surface area contributed by atoms with Crippen molar-refractivity contribution in [2.45, 2.75) is 51.4 Å². The fourth-order valence-electron chi connectivity index (χ4n) is 3.77. The van der Waals surface area contributed by atoms with Gasteiger partial charge in [-0.15, -0.1) is 0 Å². The lowest BCUT2D eigenvalue weighted by Gasteiger charge is -2.27. The zero-order valence-corrected chi connectivity index (χ0v) is 18.1. The van der Waals surface area contributed by atoms with Crippen LogP contribution in [0, 0.1) is 23.7 Å². The minimum absolute atomic E-state index is 0.327. The summed E-state index contributed by atoms with van der Waals surface area (Å²) in [5.41, 5.74) is 0. The van der Waals surface area contributed by atoms with Gasteiger partial charge in [0.15, 0.2) is 0 Å². The Morgan fingerprint density at radius 3 is 1.46 bits per heavy atom. The van der Waals surface area contributed by atoms with Crippen LogP contribution in [0.3, 0.4) is 0 Å². The highest BCUT2D eigenvalue weighted by Crippen LogP contribution is 2.29. The molecule has 6 nitrogen and oxygen atoms in total. The summed E-state index contributed by atoms with van der Waals surface area (Å²) >= 11 is 0. The Bertz CT molecular complexity index is 517. The van der Waals surface area contributed by atoms with Gasteiger partial charge in [0.1, 0.15) is 0 Å². The number of hydrogen-bond donors (Lipinski definition) is 1. The topological polar surface area (TPSA) is 82.1 Å². The summed E-state index contributed by atoms with van der Waals surface area (Å²) in [7, 11) is -3.29. The normalized spacial score (nSPS) is 27.8. The third-order valence-corrected chi connectivity index (χ3v) is 6.17. The molecule has 0 radical (unpaired) electrons. The van der Waals surface area contributed by atoms with Crippen LogP contribution >= 0.6 is 0 Å². The van der Waals surface area contributed by atoms with Gasteiger partial charge < -0.3 is 14.6 Å². The molecule has 28 heavy (non-hydrogen) atoms. The van der Waals surface area contributed by atoms with E-state index in [9.17, 15) is 8.42 Å². The van der Waals surface area contributed by atoms with Crippen LogP contribution in [0.2, 0.25) is 0 Å². The molecule has 0 aromatic carbocycles. The molecule has 0 amide bonds. The number of rotatable bonds is 10. The number of ether oxygens (including phenoxy) is 2. The van der Waals surface area contributed by atoms with Gasteiger partial charge in [-0.3, -0.25) is 4.18 Å². The standard InChI is InChI=1S/C11H20O4S.C10H18O2/c1-3-14-8-10-4-6-11(7-5-10)9-15-16(2,12)13;1-2-12-8-10-5-3-9(7-11)4-6-10/h3,10-11H,1,4-9H2,2H3;2,9-11H,1,3-8H2. The number of aliphatic hydroxyl groups is 1. The second kappa shape index (κ2) is 14.0. The highest BCUT2D eigenvalue weighted by Gasteiger charge is 2.22. The Balaban J connectivity index is 0.000000292. The first-order chi connectivity index (χ1) is 13.4. The summed E-state index contributed by atoms with van der Waals surface area (Å²) in [5.74, 6) is 2.18. The molecule has 7 heteroatoms. The maximum absolute atomic E-state index is 10.8. The van der Waals surface area contributed by atoms with Crippen LogP contribution in [0.15, 0.2) is 25.7 Å². The molecule has 2 aliphatic carbocycles. The Morgan fingerprint density at radius 2 is 1.14 bits per heavy atom. The molecule has 0 aromatic rings. The maximum atomic E-state index is 10.8. The van der Waals surface area contributed by atoms with Crippen molar-refractivity contribution >= 4 is 10.1 Å². The monoisotopic (exact) mass is 418 g/mol. The fraction of sp³-hybridized carbons (Fsp3) is 0.810. The molecule has 0 saturated heterocycles.